The molecular weight excluding hydrogens is 322 g/mol. The van der Waals surface area contributed by atoms with Gasteiger partial charge in [0.05, 0.1) is 11.3 Å². The Morgan fingerprint density at radius 1 is 1.44 bits per heavy atom. The Hall–Kier alpha value is -2.22. The summed E-state index contributed by atoms with van der Waals surface area (Å²) in [5.74, 6) is -0.461. The Kier molecular flexibility index (Phi) is 4.64. The molecule has 1 aromatic heterocycles. The quantitative estimate of drug-likeness (QED) is 0.822. The summed E-state index contributed by atoms with van der Waals surface area (Å²) < 4.78 is 0. The number of hydrogen-bond donors (Lipinski definition) is 2. The third kappa shape index (κ3) is 3.06. The molecule has 2 aliphatic rings. The molecule has 1 aromatic rings. The summed E-state index contributed by atoms with van der Waals surface area (Å²) in [6.07, 6.45) is 3.59. The summed E-state index contributed by atoms with van der Waals surface area (Å²) in [5, 5.41) is 13.2. The number of carbonyl (C=O) groups excluding carboxylic acids is 1. The van der Waals surface area contributed by atoms with Crippen LogP contribution in [0.4, 0.5) is 5.95 Å². The zero-order chi connectivity index (χ0) is 18.2. The summed E-state index contributed by atoms with van der Waals surface area (Å²) in [5.41, 5.74) is 0.148. The first kappa shape index (κ1) is 17.6. The fraction of sp³-hybridized carbons (Fsp3) is 0.647. The third-order valence-corrected chi connectivity index (χ3v) is 5.33. The molecule has 0 radical (unpaired) electrons. The van der Waals surface area contributed by atoms with E-state index in [-0.39, 0.29) is 18.5 Å². The molecule has 2 saturated heterocycles. The molecule has 2 aliphatic heterocycles. The number of piperidine rings is 2. The number of carboxylic acid groups (broad SMARTS) is 1. The number of nitrogens with one attached hydrogen (secondary N) is 1. The van der Waals surface area contributed by atoms with Gasteiger partial charge < -0.3 is 20.2 Å². The summed E-state index contributed by atoms with van der Waals surface area (Å²) in [6.45, 7) is 3.39. The number of aliphatic carboxylic acids is 1. The molecule has 0 saturated carbocycles. The van der Waals surface area contributed by atoms with E-state index in [1.54, 1.807) is 22.9 Å². The van der Waals surface area contributed by atoms with Crippen LogP contribution in [0.25, 0.3) is 0 Å². The number of carboxylic acids is 1. The Morgan fingerprint density at radius 2 is 2.20 bits per heavy atom. The minimum absolute atomic E-state index is 0.0729. The van der Waals surface area contributed by atoms with Crippen molar-refractivity contribution >= 4 is 17.8 Å². The highest BCUT2D eigenvalue weighted by Gasteiger charge is 2.51. The van der Waals surface area contributed by atoms with Crippen molar-refractivity contribution in [2.24, 2.45) is 5.41 Å². The second-order valence-electron chi connectivity index (χ2n) is 7.15. The standard InChI is InChI=1S/C17H25N5O3/c1-11-12(9-19-16(20-11)21(2)3)14(23)22-8-5-13-17(10-22,15(24)25)6-4-7-18-13/h9,13,18H,4-8,10H2,1-3H3,(H,24,25)/t13-,17+/m1/s1. The van der Waals surface area contributed by atoms with Gasteiger partial charge in [-0.15, -0.1) is 0 Å². The predicted molar refractivity (Wildman–Crippen MR) is 92.7 cm³/mol. The van der Waals surface area contributed by atoms with E-state index in [4.69, 9.17) is 0 Å². The Balaban J connectivity index is 1.85. The summed E-state index contributed by atoms with van der Waals surface area (Å²) >= 11 is 0. The minimum atomic E-state index is -0.898. The minimum Gasteiger partial charge on any atom is -0.481 e. The first-order chi connectivity index (χ1) is 11.8. The van der Waals surface area contributed by atoms with Crippen LogP contribution < -0.4 is 10.2 Å². The maximum Gasteiger partial charge on any atom is 0.313 e. The lowest BCUT2D eigenvalue weighted by Gasteiger charge is -2.48. The van der Waals surface area contributed by atoms with Crippen molar-refractivity contribution in [3.8, 4) is 0 Å². The van der Waals surface area contributed by atoms with Gasteiger partial charge >= 0.3 is 5.97 Å². The van der Waals surface area contributed by atoms with Gasteiger partial charge in [-0.25, -0.2) is 9.97 Å². The summed E-state index contributed by atoms with van der Waals surface area (Å²) in [4.78, 5) is 37.0. The van der Waals surface area contributed by atoms with Crippen LogP contribution in [0, 0.1) is 12.3 Å². The van der Waals surface area contributed by atoms with Crippen molar-refractivity contribution in [1.82, 2.24) is 20.2 Å². The van der Waals surface area contributed by atoms with Gasteiger partial charge in [0.15, 0.2) is 0 Å². The van der Waals surface area contributed by atoms with Gasteiger partial charge in [0.2, 0.25) is 5.95 Å². The first-order valence-corrected chi connectivity index (χ1v) is 8.62. The van der Waals surface area contributed by atoms with Gasteiger partial charge in [-0.3, -0.25) is 9.59 Å². The van der Waals surface area contributed by atoms with Gasteiger partial charge in [0.1, 0.15) is 5.41 Å². The Bertz CT molecular complexity index is 693. The first-order valence-electron chi connectivity index (χ1n) is 8.62. The van der Waals surface area contributed by atoms with Crippen LogP contribution in [0.5, 0.6) is 0 Å². The SMILES string of the molecule is Cc1nc(N(C)C)ncc1C(=O)N1CC[C@H]2NCCC[C@]2(C(=O)O)C1. The molecule has 0 aromatic carbocycles. The topological polar surface area (TPSA) is 98.7 Å². The smallest absolute Gasteiger partial charge is 0.313 e. The monoisotopic (exact) mass is 347 g/mol. The van der Waals surface area contributed by atoms with Crippen LogP contribution in [-0.2, 0) is 4.79 Å². The molecule has 3 rings (SSSR count). The number of nitrogens with zero attached hydrogens (tertiary/aromatic N) is 4. The fourth-order valence-electron chi connectivity index (χ4n) is 3.87. The highest BCUT2D eigenvalue weighted by Crippen LogP contribution is 2.38. The van der Waals surface area contributed by atoms with Crippen molar-refractivity contribution in [2.75, 3.05) is 38.6 Å². The molecule has 2 atom stereocenters. The average Bonchev–Trinajstić information content (AvgIpc) is 2.60. The molecule has 2 N–H and O–H groups in total. The van der Waals surface area contributed by atoms with Gasteiger partial charge in [0, 0.05) is 39.4 Å². The molecule has 3 heterocycles. The van der Waals surface area contributed by atoms with E-state index in [2.05, 4.69) is 15.3 Å². The largest absolute Gasteiger partial charge is 0.481 e. The number of carbonyl (C=O) groups is 2. The highest BCUT2D eigenvalue weighted by molar-refractivity contribution is 5.95. The normalized spacial score (nSPS) is 26.0. The third-order valence-electron chi connectivity index (χ3n) is 5.33. The van der Waals surface area contributed by atoms with Gasteiger partial charge in [-0.1, -0.05) is 0 Å². The summed E-state index contributed by atoms with van der Waals surface area (Å²) in [7, 11) is 3.68. The lowest BCUT2D eigenvalue weighted by Crippen LogP contribution is -2.63. The van der Waals surface area contributed by atoms with Crippen molar-refractivity contribution in [3.05, 3.63) is 17.5 Å². The number of anilines is 1. The molecule has 0 unspecified atom stereocenters. The van der Waals surface area contributed by atoms with E-state index >= 15 is 0 Å². The molecule has 1 amide bonds. The van der Waals surface area contributed by atoms with Crippen LogP contribution in [0.2, 0.25) is 0 Å². The number of hydrogen-bond acceptors (Lipinski definition) is 6. The average molecular weight is 347 g/mol. The molecule has 0 aliphatic carbocycles. The Labute approximate surface area is 147 Å². The van der Waals surface area contributed by atoms with Crippen molar-refractivity contribution in [2.45, 2.75) is 32.2 Å². The Morgan fingerprint density at radius 3 is 2.84 bits per heavy atom. The predicted octanol–water partition coefficient (Wildman–Crippen LogP) is 0.520. The number of fused-ring (bicyclic) bond motifs is 1. The second-order valence-corrected chi connectivity index (χ2v) is 7.15. The van der Waals surface area contributed by atoms with Gasteiger partial charge in [-0.05, 0) is 32.7 Å². The molecule has 8 nitrogen and oxygen atoms in total. The molecule has 8 heteroatoms. The van der Waals surface area contributed by atoms with Crippen LogP contribution in [-0.4, -0.2) is 71.6 Å². The van der Waals surface area contributed by atoms with E-state index in [9.17, 15) is 14.7 Å². The number of rotatable bonds is 3. The van der Waals surface area contributed by atoms with E-state index in [0.717, 1.165) is 13.0 Å². The van der Waals surface area contributed by atoms with E-state index in [0.29, 0.717) is 36.6 Å². The lowest BCUT2D eigenvalue weighted by molar-refractivity contribution is -0.156. The van der Waals surface area contributed by atoms with E-state index in [1.165, 1.54) is 0 Å². The number of aryl methyl sites for hydroxylation is 1. The van der Waals surface area contributed by atoms with E-state index < -0.39 is 11.4 Å². The fourth-order valence-corrected chi connectivity index (χ4v) is 3.87. The van der Waals surface area contributed by atoms with Crippen molar-refractivity contribution in [3.63, 3.8) is 0 Å². The molecule has 0 spiro atoms. The van der Waals surface area contributed by atoms with Crippen molar-refractivity contribution in [1.29, 1.82) is 0 Å². The maximum absolute atomic E-state index is 13.0. The lowest BCUT2D eigenvalue weighted by atomic mass is 9.70. The van der Waals surface area contributed by atoms with Gasteiger partial charge in [0.25, 0.3) is 5.91 Å². The summed E-state index contributed by atoms with van der Waals surface area (Å²) in [6, 6.07) is -0.0729. The zero-order valence-electron chi connectivity index (χ0n) is 14.9. The molecule has 136 valence electrons. The number of amides is 1. The second kappa shape index (κ2) is 6.59. The molecular formula is C17H25N5O3. The number of likely N-dealkylation sites (tertiary alicyclic amines) is 1. The van der Waals surface area contributed by atoms with Crippen molar-refractivity contribution < 1.29 is 14.7 Å². The number of aromatic nitrogens is 2. The van der Waals surface area contributed by atoms with Gasteiger partial charge in [-0.2, -0.15) is 0 Å². The van der Waals surface area contributed by atoms with E-state index in [1.807, 2.05) is 14.1 Å². The van der Waals surface area contributed by atoms with Crippen LogP contribution in [0.1, 0.15) is 35.3 Å². The molecule has 0 bridgehead atoms. The van der Waals surface area contributed by atoms with Crippen LogP contribution in [0.3, 0.4) is 0 Å². The zero-order valence-corrected chi connectivity index (χ0v) is 14.9. The van der Waals surface area contributed by atoms with Crippen LogP contribution >= 0.6 is 0 Å². The van der Waals surface area contributed by atoms with Crippen LogP contribution in [0.15, 0.2) is 6.20 Å². The maximum atomic E-state index is 13.0. The molecule has 2 fully saturated rings. The highest BCUT2D eigenvalue weighted by atomic mass is 16.4. The molecule has 25 heavy (non-hydrogen) atoms.